The highest BCUT2D eigenvalue weighted by Gasteiger charge is 2.44. The van der Waals surface area contributed by atoms with Gasteiger partial charge in [-0.3, -0.25) is 9.69 Å². The predicted molar refractivity (Wildman–Crippen MR) is 144 cm³/mol. The quantitative estimate of drug-likeness (QED) is 0.270. The lowest BCUT2D eigenvalue weighted by atomic mass is 10.2. The van der Waals surface area contributed by atoms with Crippen LogP contribution in [0.2, 0.25) is 0 Å². The topological polar surface area (TPSA) is 27.9 Å². The van der Waals surface area contributed by atoms with Crippen LogP contribution < -0.4 is 15.9 Å². The Morgan fingerprint density at radius 1 is 0.735 bits per heavy atom. The standard InChI is InChI=1S/C29H33N3OP/c1-30-25-29(33)32-22-20-31(21-23-32)19-11-12-24-34(26-13-5-2-6-14-26,27-15-7-3-8-16-27)28-17-9-4-10-18-28/h2-10,13-18H,11-12,19-25H2/q+1. The Hall–Kier alpha value is -2.99. The number of nitrogens with zero attached hydrogens (tertiary/aromatic N) is 3. The molecule has 0 saturated carbocycles. The normalized spacial score (nSPS) is 14.5. The maximum absolute atomic E-state index is 12.0. The summed E-state index contributed by atoms with van der Waals surface area (Å²) < 4.78 is 0. The molecule has 4 rings (SSSR count). The molecule has 5 heteroatoms. The zero-order valence-corrected chi connectivity index (χ0v) is 20.6. The summed E-state index contributed by atoms with van der Waals surface area (Å²) in [5, 5.41) is 4.33. The highest BCUT2D eigenvalue weighted by Crippen LogP contribution is 2.55. The van der Waals surface area contributed by atoms with Gasteiger partial charge in [0.15, 0.2) is 0 Å². The van der Waals surface area contributed by atoms with Crippen molar-refractivity contribution in [1.29, 1.82) is 0 Å². The Labute approximate surface area is 204 Å². The molecule has 174 valence electrons. The monoisotopic (exact) mass is 470 g/mol. The third-order valence-corrected chi connectivity index (χ3v) is 11.3. The fourth-order valence-corrected chi connectivity index (χ4v) is 9.37. The van der Waals surface area contributed by atoms with Crippen LogP contribution in [0.15, 0.2) is 91.0 Å². The maximum Gasteiger partial charge on any atom is 0.302 e. The van der Waals surface area contributed by atoms with Crippen molar-refractivity contribution in [3.05, 3.63) is 102 Å². The first-order chi connectivity index (χ1) is 16.7. The first-order valence-electron chi connectivity index (χ1n) is 12.1. The number of benzene rings is 3. The Bertz CT molecular complexity index is 978. The van der Waals surface area contributed by atoms with E-state index in [4.69, 9.17) is 6.57 Å². The predicted octanol–water partition coefficient (Wildman–Crippen LogP) is 3.82. The molecule has 1 fully saturated rings. The second-order valence-corrected chi connectivity index (χ2v) is 12.4. The van der Waals surface area contributed by atoms with Gasteiger partial charge in [0, 0.05) is 26.2 Å². The van der Waals surface area contributed by atoms with Gasteiger partial charge in [0.05, 0.1) is 6.16 Å². The molecule has 3 aromatic rings. The third kappa shape index (κ3) is 5.55. The molecule has 0 spiro atoms. The van der Waals surface area contributed by atoms with Gasteiger partial charge >= 0.3 is 5.91 Å². The smallest absolute Gasteiger partial charge is 0.302 e. The van der Waals surface area contributed by atoms with Crippen LogP contribution in [0.25, 0.3) is 4.85 Å². The van der Waals surface area contributed by atoms with Crippen LogP contribution in [-0.4, -0.2) is 61.1 Å². The van der Waals surface area contributed by atoms with E-state index in [0.29, 0.717) is 0 Å². The van der Waals surface area contributed by atoms with E-state index in [1.807, 2.05) is 4.90 Å². The number of carbonyl (C=O) groups excluding carboxylic acids is 1. The van der Waals surface area contributed by atoms with E-state index in [-0.39, 0.29) is 12.5 Å². The van der Waals surface area contributed by atoms with Crippen molar-refractivity contribution in [2.24, 2.45) is 0 Å². The lowest BCUT2D eigenvalue weighted by Gasteiger charge is -2.34. The number of hydrogen-bond acceptors (Lipinski definition) is 2. The van der Waals surface area contributed by atoms with Crippen LogP contribution in [0, 0.1) is 6.57 Å². The number of amides is 1. The van der Waals surface area contributed by atoms with Crippen molar-refractivity contribution in [2.75, 3.05) is 45.4 Å². The lowest BCUT2D eigenvalue weighted by Crippen LogP contribution is -2.49. The molecule has 34 heavy (non-hydrogen) atoms. The molecule has 1 aliphatic heterocycles. The Morgan fingerprint density at radius 2 is 1.21 bits per heavy atom. The fraction of sp³-hybridized carbons (Fsp3) is 0.310. The molecule has 0 radical (unpaired) electrons. The molecule has 0 atom stereocenters. The maximum atomic E-state index is 12.0. The van der Waals surface area contributed by atoms with Crippen LogP contribution in [0.5, 0.6) is 0 Å². The van der Waals surface area contributed by atoms with Crippen LogP contribution in [-0.2, 0) is 4.79 Å². The van der Waals surface area contributed by atoms with Crippen molar-refractivity contribution in [1.82, 2.24) is 9.80 Å². The van der Waals surface area contributed by atoms with E-state index in [0.717, 1.165) is 51.7 Å². The summed E-state index contributed by atoms with van der Waals surface area (Å²) in [5.74, 6) is -0.0298. The van der Waals surface area contributed by atoms with Crippen LogP contribution in [0.4, 0.5) is 0 Å². The zero-order chi connectivity index (χ0) is 23.6. The third-order valence-electron chi connectivity index (χ3n) is 6.75. The summed E-state index contributed by atoms with van der Waals surface area (Å²) in [7, 11) is -1.75. The van der Waals surface area contributed by atoms with Crippen LogP contribution in [0.3, 0.4) is 0 Å². The zero-order valence-electron chi connectivity index (χ0n) is 19.7. The summed E-state index contributed by atoms with van der Waals surface area (Å²) >= 11 is 0. The number of unbranched alkanes of at least 4 members (excludes halogenated alkanes) is 1. The van der Waals surface area contributed by atoms with Crippen LogP contribution >= 0.6 is 7.26 Å². The van der Waals surface area contributed by atoms with Gasteiger partial charge in [-0.1, -0.05) is 54.6 Å². The van der Waals surface area contributed by atoms with E-state index in [1.165, 1.54) is 15.9 Å². The summed E-state index contributed by atoms with van der Waals surface area (Å²) in [6, 6.07) is 33.2. The van der Waals surface area contributed by atoms with Gasteiger partial charge in [0.2, 0.25) is 0 Å². The molecule has 1 aliphatic rings. The summed E-state index contributed by atoms with van der Waals surface area (Å²) in [6.45, 7) is 11.2. The Balaban J connectivity index is 1.47. The van der Waals surface area contributed by atoms with E-state index in [1.54, 1.807) is 0 Å². The van der Waals surface area contributed by atoms with Crippen molar-refractivity contribution in [3.8, 4) is 0 Å². The fourth-order valence-electron chi connectivity index (χ4n) is 4.95. The van der Waals surface area contributed by atoms with Gasteiger partial charge in [-0.15, -0.1) is 0 Å². The minimum atomic E-state index is -1.75. The summed E-state index contributed by atoms with van der Waals surface area (Å²) in [5.41, 5.74) is 0. The molecular formula is C29H33N3OP+. The SMILES string of the molecule is [C-]#[N+]CC(=O)N1CCN(CCCC[P+](c2ccccc2)(c2ccccc2)c2ccccc2)CC1. The highest BCUT2D eigenvalue weighted by atomic mass is 31.2. The van der Waals surface area contributed by atoms with E-state index < -0.39 is 7.26 Å². The van der Waals surface area contributed by atoms with E-state index in [2.05, 4.69) is 101 Å². The molecule has 1 saturated heterocycles. The van der Waals surface area contributed by atoms with Gasteiger partial charge in [0.25, 0.3) is 6.54 Å². The van der Waals surface area contributed by atoms with Crippen LogP contribution in [0.1, 0.15) is 12.8 Å². The summed E-state index contributed by atoms with van der Waals surface area (Å²) in [6.07, 6.45) is 3.45. The number of rotatable bonds is 9. The summed E-state index contributed by atoms with van der Waals surface area (Å²) in [4.78, 5) is 19.5. The minimum absolute atomic E-state index is 0.0236. The molecule has 1 heterocycles. The van der Waals surface area contributed by atoms with Crippen molar-refractivity contribution in [3.63, 3.8) is 0 Å². The lowest BCUT2D eigenvalue weighted by molar-refractivity contribution is -0.130. The van der Waals surface area contributed by atoms with Crippen molar-refractivity contribution < 1.29 is 4.79 Å². The first kappa shape index (κ1) is 24.1. The minimum Gasteiger partial charge on any atom is -0.334 e. The first-order valence-corrected chi connectivity index (χ1v) is 14.1. The van der Waals surface area contributed by atoms with Crippen molar-refractivity contribution >= 4 is 29.1 Å². The van der Waals surface area contributed by atoms with Gasteiger partial charge in [-0.2, -0.15) is 0 Å². The Morgan fingerprint density at radius 3 is 1.65 bits per heavy atom. The molecule has 0 N–H and O–H groups in total. The molecule has 0 aliphatic carbocycles. The Kier molecular flexibility index (Phi) is 8.47. The number of piperazine rings is 1. The number of carbonyl (C=O) groups is 1. The highest BCUT2D eigenvalue weighted by molar-refractivity contribution is 7.95. The van der Waals surface area contributed by atoms with E-state index in [9.17, 15) is 4.79 Å². The van der Waals surface area contributed by atoms with Gasteiger partial charge in [-0.25, -0.2) is 6.57 Å². The average Bonchev–Trinajstić information content (AvgIpc) is 2.91. The van der Waals surface area contributed by atoms with Gasteiger partial charge < -0.3 is 9.74 Å². The number of hydrogen-bond donors (Lipinski definition) is 0. The molecular weight excluding hydrogens is 437 g/mol. The van der Waals surface area contributed by atoms with Crippen molar-refractivity contribution in [2.45, 2.75) is 12.8 Å². The second-order valence-electron chi connectivity index (χ2n) is 8.79. The second kappa shape index (κ2) is 11.9. The molecule has 1 amide bonds. The largest absolute Gasteiger partial charge is 0.334 e. The molecule has 0 aromatic heterocycles. The molecule has 0 bridgehead atoms. The molecule has 4 nitrogen and oxygen atoms in total. The van der Waals surface area contributed by atoms with Gasteiger partial charge in [0.1, 0.15) is 23.2 Å². The van der Waals surface area contributed by atoms with Gasteiger partial charge in [-0.05, 0) is 55.8 Å². The molecule has 3 aromatic carbocycles. The molecule has 0 unspecified atom stereocenters. The average molecular weight is 471 g/mol. The van der Waals surface area contributed by atoms with E-state index >= 15 is 0 Å².